The number of rotatable bonds is 0. The Morgan fingerprint density at radius 1 is 0.700 bits per heavy atom. The lowest BCUT2D eigenvalue weighted by molar-refractivity contribution is 1.53. The van der Waals surface area contributed by atoms with E-state index in [0.29, 0.717) is 0 Å². The molecule has 0 aromatic carbocycles. The summed E-state index contributed by atoms with van der Waals surface area (Å²) in [4.78, 5) is 0. The van der Waals surface area contributed by atoms with Gasteiger partial charge < -0.3 is 23.7 Å². The van der Waals surface area contributed by atoms with Crippen molar-refractivity contribution in [1.82, 2.24) is 0 Å². The van der Waals surface area contributed by atoms with Crippen LogP contribution in [-0.2, 0) is 0 Å². The van der Waals surface area contributed by atoms with Crippen LogP contribution in [0.5, 0.6) is 0 Å². The Hall–Kier alpha value is -0.120. The molecular formula is C4Cl4N2-2. The Labute approximate surface area is 79.2 Å². The summed E-state index contributed by atoms with van der Waals surface area (Å²) in [6.07, 6.45) is 0. The van der Waals surface area contributed by atoms with Crippen molar-refractivity contribution < 1.29 is 0 Å². The number of hydrogen-bond donors (Lipinski definition) is 0. The van der Waals surface area contributed by atoms with Gasteiger partial charge in [-0.25, -0.2) is 0 Å². The zero-order valence-electron chi connectivity index (χ0n) is 4.41. The van der Waals surface area contributed by atoms with Crippen LogP contribution in [0.2, 0.25) is 0 Å². The maximum atomic E-state index is 6.25. The summed E-state index contributed by atoms with van der Waals surface area (Å²) in [6, 6.07) is 0. The Bertz CT molecular complexity index is 113. The fraction of sp³-hybridized carbons (Fsp3) is 0. The van der Waals surface area contributed by atoms with Gasteiger partial charge in [0.25, 0.3) is 0 Å². The van der Waals surface area contributed by atoms with Crippen LogP contribution in [0.1, 0.15) is 0 Å². The second-order valence-electron chi connectivity index (χ2n) is 0.521. The molecule has 10 heavy (non-hydrogen) atoms. The van der Waals surface area contributed by atoms with Gasteiger partial charge in [0.05, 0.1) is 0 Å². The monoisotopic (exact) mass is 216 g/mol. The lowest BCUT2D eigenvalue weighted by Crippen LogP contribution is -1.47. The molecule has 0 aliphatic rings. The second-order valence-corrected chi connectivity index (χ2v) is 2.42. The first kappa shape index (κ1) is 16.5. The van der Waals surface area contributed by atoms with E-state index in [4.69, 9.17) is 70.1 Å². The van der Waals surface area contributed by atoms with E-state index in [9.17, 15) is 0 Å². The maximum absolute atomic E-state index is 6.25. The molecule has 0 aromatic heterocycles. The largest absolute Gasteiger partial charge is 0.512 e. The van der Waals surface area contributed by atoms with Crippen LogP contribution in [0.25, 0.3) is 0 Å². The van der Waals surface area contributed by atoms with Gasteiger partial charge in [-0.2, -0.15) is 0 Å². The number of nitrogens with zero attached hydrogens (tertiary/aromatic N) is 2. The molecule has 0 unspecified atom stereocenters. The second kappa shape index (κ2) is 15.9. The van der Waals surface area contributed by atoms with Gasteiger partial charge in [-0.3, -0.25) is 0 Å². The molecule has 0 atom stereocenters. The van der Waals surface area contributed by atoms with Crippen molar-refractivity contribution in [1.29, 1.82) is 10.5 Å². The van der Waals surface area contributed by atoms with Crippen LogP contribution in [0.4, 0.5) is 0 Å². The highest BCUT2D eigenvalue weighted by molar-refractivity contribution is 6.67. The normalized spacial score (nSPS) is 5.20. The summed E-state index contributed by atoms with van der Waals surface area (Å²) in [7, 11) is 0. The SMILES string of the molecule is ClC(Cl)=C(Cl)Cl.[C-]#N.[C-]#N. The van der Waals surface area contributed by atoms with Gasteiger partial charge in [-0.1, -0.05) is 46.4 Å². The highest BCUT2D eigenvalue weighted by Gasteiger charge is 1.88. The highest BCUT2D eigenvalue weighted by atomic mass is 35.5. The Morgan fingerprint density at radius 2 is 0.800 bits per heavy atom. The van der Waals surface area contributed by atoms with E-state index in [1.54, 1.807) is 0 Å². The fourth-order valence-corrected chi connectivity index (χ4v) is 0. The predicted molar refractivity (Wildman–Crippen MR) is 40.4 cm³/mol. The molecule has 0 aromatic rings. The van der Waals surface area contributed by atoms with Crippen molar-refractivity contribution >= 4 is 46.4 Å². The predicted octanol–water partition coefficient (Wildman–Crippen LogP) is 3.26. The third kappa shape index (κ3) is 24.8. The molecule has 0 fully saturated rings. The Balaban J connectivity index is -0.000000105. The Morgan fingerprint density at radius 3 is 0.800 bits per heavy atom. The third-order valence-corrected chi connectivity index (χ3v) is 1.29. The summed E-state index contributed by atoms with van der Waals surface area (Å²) in [5, 5.41) is 12.5. The molecule has 0 saturated heterocycles. The van der Waals surface area contributed by atoms with Crippen LogP contribution in [0.3, 0.4) is 0 Å². The average Bonchev–Trinajstić information content (AvgIpc) is 1.96. The quantitative estimate of drug-likeness (QED) is 0.585. The first-order chi connectivity index (χ1) is 4.64. The van der Waals surface area contributed by atoms with Crippen LogP contribution in [-0.4, -0.2) is 0 Å². The smallest absolute Gasteiger partial charge is 0.136 e. The lowest BCUT2D eigenvalue weighted by Gasteiger charge is -1.75. The van der Waals surface area contributed by atoms with Gasteiger partial charge in [-0.05, 0) is 0 Å². The molecule has 0 heterocycles. The van der Waals surface area contributed by atoms with E-state index in [2.05, 4.69) is 0 Å². The van der Waals surface area contributed by atoms with Gasteiger partial charge in [0.1, 0.15) is 8.98 Å². The summed E-state index contributed by atoms with van der Waals surface area (Å²) in [5.74, 6) is 0. The van der Waals surface area contributed by atoms with Gasteiger partial charge in [0.15, 0.2) is 0 Å². The Kier molecular flexibility index (Phi) is 26.2. The zero-order chi connectivity index (χ0) is 9.15. The van der Waals surface area contributed by atoms with Gasteiger partial charge in [0, 0.05) is 0 Å². The average molecular weight is 218 g/mol. The molecule has 2 nitrogen and oxygen atoms in total. The number of halogens is 4. The summed E-state index contributed by atoms with van der Waals surface area (Å²) in [5.41, 5.74) is 0. The molecule has 56 valence electrons. The van der Waals surface area contributed by atoms with Gasteiger partial charge >= 0.3 is 0 Å². The van der Waals surface area contributed by atoms with Crippen molar-refractivity contribution in [3.05, 3.63) is 22.1 Å². The molecule has 0 aliphatic carbocycles. The summed E-state index contributed by atoms with van der Waals surface area (Å²) >= 11 is 20.0. The standard InChI is InChI=1S/C2Cl4.2CN/c3-1(4)2(5)6;2*1-2/q;2*-1. The first-order valence-electron chi connectivity index (χ1n) is 1.45. The van der Waals surface area contributed by atoms with E-state index in [-0.39, 0.29) is 8.98 Å². The lowest BCUT2D eigenvalue weighted by atomic mass is 11.2. The number of hydrogen-bond acceptors (Lipinski definition) is 2. The molecule has 0 N–H and O–H groups in total. The molecule has 0 rings (SSSR count). The summed E-state index contributed by atoms with van der Waals surface area (Å²) in [6.45, 7) is 9.50. The summed E-state index contributed by atoms with van der Waals surface area (Å²) < 4.78 is -0.198. The van der Waals surface area contributed by atoms with Crippen LogP contribution in [0, 0.1) is 23.7 Å². The van der Waals surface area contributed by atoms with E-state index in [0.717, 1.165) is 0 Å². The zero-order valence-corrected chi connectivity index (χ0v) is 7.43. The molecule has 0 bridgehead atoms. The molecule has 6 heteroatoms. The fourth-order valence-electron chi connectivity index (χ4n) is 0. The minimum Gasteiger partial charge on any atom is -0.512 e. The van der Waals surface area contributed by atoms with Crippen molar-refractivity contribution in [3.63, 3.8) is 0 Å². The minimum absolute atomic E-state index is 0.0988. The highest BCUT2D eigenvalue weighted by Crippen LogP contribution is 2.20. The van der Waals surface area contributed by atoms with Gasteiger partial charge in [-0.15, -0.1) is 0 Å². The molecule has 0 amide bonds. The van der Waals surface area contributed by atoms with Crippen LogP contribution < -0.4 is 0 Å². The first-order valence-corrected chi connectivity index (χ1v) is 2.97. The maximum Gasteiger partial charge on any atom is 0.136 e. The minimum atomic E-state index is -0.0988. The van der Waals surface area contributed by atoms with Crippen molar-refractivity contribution in [2.75, 3.05) is 0 Å². The van der Waals surface area contributed by atoms with E-state index >= 15 is 0 Å². The van der Waals surface area contributed by atoms with Gasteiger partial charge in [0.2, 0.25) is 0 Å². The topological polar surface area (TPSA) is 47.6 Å². The van der Waals surface area contributed by atoms with Crippen molar-refractivity contribution in [3.8, 4) is 0 Å². The van der Waals surface area contributed by atoms with E-state index in [1.807, 2.05) is 0 Å². The third-order valence-electron chi connectivity index (χ3n) is 0.143. The molecule has 0 radical (unpaired) electrons. The van der Waals surface area contributed by atoms with Crippen molar-refractivity contribution in [2.45, 2.75) is 0 Å². The molecular weight excluding hydrogens is 218 g/mol. The van der Waals surface area contributed by atoms with Crippen LogP contribution >= 0.6 is 46.4 Å². The van der Waals surface area contributed by atoms with E-state index < -0.39 is 0 Å². The van der Waals surface area contributed by atoms with Crippen LogP contribution in [0.15, 0.2) is 8.98 Å². The molecule has 0 saturated carbocycles. The molecule has 0 spiro atoms. The van der Waals surface area contributed by atoms with Crippen molar-refractivity contribution in [2.24, 2.45) is 0 Å². The molecule has 0 aliphatic heterocycles. The van der Waals surface area contributed by atoms with E-state index in [1.165, 1.54) is 0 Å².